The topological polar surface area (TPSA) is 35.2 Å². The molecule has 0 amide bonds. The lowest BCUT2D eigenvalue weighted by atomic mass is 9.62. The molecule has 2 N–H and O–H groups in total. The SMILES string of the molecule is CCC1(C)C(N)CC1Oc1ccc(Cl)c(C)c1. The van der Waals surface area contributed by atoms with Crippen LogP contribution in [0.25, 0.3) is 0 Å². The summed E-state index contributed by atoms with van der Waals surface area (Å²) >= 11 is 6.00. The van der Waals surface area contributed by atoms with E-state index in [0.29, 0.717) is 0 Å². The average molecular weight is 254 g/mol. The van der Waals surface area contributed by atoms with E-state index in [0.717, 1.165) is 29.2 Å². The van der Waals surface area contributed by atoms with Crippen LogP contribution in [0.3, 0.4) is 0 Å². The number of aryl methyl sites for hydroxylation is 1. The fourth-order valence-electron chi connectivity index (χ4n) is 2.37. The maximum absolute atomic E-state index is 6.06. The average Bonchev–Trinajstić information content (AvgIpc) is 2.32. The molecule has 2 nitrogen and oxygen atoms in total. The minimum Gasteiger partial charge on any atom is -0.490 e. The predicted octanol–water partition coefficient (Wildman–Crippen LogP) is 3.54. The van der Waals surface area contributed by atoms with Crippen molar-refractivity contribution >= 4 is 11.6 Å². The zero-order chi connectivity index (χ0) is 12.6. The molecule has 0 radical (unpaired) electrons. The first-order valence-corrected chi connectivity index (χ1v) is 6.53. The van der Waals surface area contributed by atoms with E-state index in [4.69, 9.17) is 22.1 Å². The van der Waals surface area contributed by atoms with Crippen molar-refractivity contribution < 1.29 is 4.74 Å². The standard InChI is InChI=1S/C14H20ClNO/c1-4-14(3)12(16)8-13(14)17-10-5-6-11(15)9(2)7-10/h5-7,12-13H,4,8,16H2,1-3H3. The third-order valence-corrected chi connectivity index (χ3v) is 4.64. The van der Waals surface area contributed by atoms with Gasteiger partial charge in [-0.25, -0.2) is 0 Å². The summed E-state index contributed by atoms with van der Waals surface area (Å²) in [5.41, 5.74) is 7.22. The monoisotopic (exact) mass is 253 g/mol. The van der Waals surface area contributed by atoms with Crippen LogP contribution < -0.4 is 10.5 Å². The number of hydrogen-bond acceptors (Lipinski definition) is 2. The van der Waals surface area contributed by atoms with Crippen molar-refractivity contribution in [3.8, 4) is 5.75 Å². The second-order valence-corrected chi connectivity index (χ2v) is 5.63. The van der Waals surface area contributed by atoms with Crippen molar-refractivity contribution in [2.24, 2.45) is 11.1 Å². The number of rotatable bonds is 3. The fourth-order valence-corrected chi connectivity index (χ4v) is 2.49. The van der Waals surface area contributed by atoms with Crippen molar-refractivity contribution in [1.29, 1.82) is 0 Å². The Balaban J connectivity index is 2.09. The van der Waals surface area contributed by atoms with Crippen LogP contribution in [-0.4, -0.2) is 12.1 Å². The summed E-state index contributed by atoms with van der Waals surface area (Å²) in [4.78, 5) is 0. The van der Waals surface area contributed by atoms with E-state index in [-0.39, 0.29) is 17.6 Å². The van der Waals surface area contributed by atoms with E-state index in [1.54, 1.807) is 0 Å². The van der Waals surface area contributed by atoms with Gasteiger partial charge in [0, 0.05) is 22.9 Å². The van der Waals surface area contributed by atoms with E-state index in [2.05, 4.69) is 13.8 Å². The number of hydrogen-bond donors (Lipinski definition) is 1. The van der Waals surface area contributed by atoms with Crippen molar-refractivity contribution in [3.05, 3.63) is 28.8 Å². The molecule has 0 aliphatic heterocycles. The van der Waals surface area contributed by atoms with Crippen LogP contribution in [0.2, 0.25) is 5.02 Å². The molecule has 1 aliphatic carbocycles. The first kappa shape index (κ1) is 12.7. The molecule has 0 aromatic heterocycles. The first-order chi connectivity index (χ1) is 7.97. The maximum Gasteiger partial charge on any atom is 0.120 e. The molecular weight excluding hydrogens is 234 g/mol. The molecule has 94 valence electrons. The van der Waals surface area contributed by atoms with Gasteiger partial charge in [-0.05, 0) is 37.1 Å². The maximum atomic E-state index is 6.06. The highest BCUT2D eigenvalue weighted by molar-refractivity contribution is 6.31. The molecule has 0 bridgehead atoms. The van der Waals surface area contributed by atoms with Gasteiger partial charge in [-0.2, -0.15) is 0 Å². The number of nitrogens with two attached hydrogens (primary N) is 1. The van der Waals surface area contributed by atoms with Gasteiger partial charge in [-0.15, -0.1) is 0 Å². The minimum absolute atomic E-state index is 0.105. The van der Waals surface area contributed by atoms with Gasteiger partial charge in [0.05, 0.1) is 0 Å². The summed E-state index contributed by atoms with van der Waals surface area (Å²) in [7, 11) is 0. The lowest BCUT2D eigenvalue weighted by Crippen LogP contribution is -2.61. The highest BCUT2D eigenvalue weighted by Gasteiger charge is 2.50. The van der Waals surface area contributed by atoms with Crippen LogP contribution in [0.4, 0.5) is 0 Å². The second-order valence-electron chi connectivity index (χ2n) is 5.22. The van der Waals surface area contributed by atoms with Crippen LogP contribution in [0.5, 0.6) is 5.75 Å². The molecule has 1 saturated carbocycles. The summed E-state index contributed by atoms with van der Waals surface area (Å²) in [6.07, 6.45) is 2.21. The Morgan fingerprint density at radius 1 is 1.53 bits per heavy atom. The van der Waals surface area contributed by atoms with E-state index in [9.17, 15) is 0 Å². The highest BCUT2D eigenvalue weighted by atomic mass is 35.5. The molecule has 0 saturated heterocycles. The lowest BCUT2D eigenvalue weighted by Gasteiger charge is -2.51. The number of halogens is 1. The summed E-state index contributed by atoms with van der Waals surface area (Å²) in [6, 6.07) is 6.05. The van der Waals surface area contributed by atoms with Crippen molar-refractivity contribution in [2.75, 3.05) is 0 Å². The summed E-state index contributed by atoms with van der Waals surface area (Å²) in [5, 5.41) is 0.779. The van der Waals surface area contributed by atoms with Gasteiger partial charge in [-0.1, -0.05) is 25.4 Å². The minimum atomic E-state index is 0.105. The third-order valence-electron chi connectivity index (χ3n) is 4.22. The van der Waals surface area contributed by atoms with Crippen LogP contribution >= 0.6 is 11.6 Å². The Morgan fingerprint density at radius 2 is 2.24 bits per heavy atom. The molecular formula is C14H20ClNO. The van der Waals surface area contributed by atoms with E-state index in [1.165, 1.54) is 0 Å². The Labute approximate surface area is 108 Å². The van der Waals surface area contributed by atoms with Gasteiger partial charge in [0.15, 0.2) is 0 Å². The first-order valence-electron chi connectivity index (χ1n) is 6.15. The molecule has 17 heavy (non-hydrogen) atoms. The van der Waals surface area contributed by atoms with Crippen molar-refractivity contribution in [1.82, 2.24) is 0 Å². The summed E-state index contributed by atoms with van der Waals surface area (Å²) in [6.45, 7) is 6.36. The smallest absolute Gasteiger partial charge is 0.120 e. The predicted molar refractivity (Wildman–Crippen MR) is 71.6 cm³/mol. The molecule has 3 heteroatoms. The Kier molecular flexibility index (Phi) is 3.37. The normalized spacial score (nSPS) is 32.1. The van der Waals surface area contributed by atoms with Crippen LogP contribution in [0, 0.1) is 12.3 Å². The second kappa shape index (κ2) is 4.51. The van der Waals surface area contributed by atoms with Gasteiger partial charge in [0.1, 0.15) is 11.9 Å². The Hall–Kier alpha value is -0.730. The van der Waals surface area contributed by atoms with E-state index >= 15 is 0 Å². The van der Waals surface area contributed by atoms with Gasteiger partial charge in [0.2, 0.25) is 0 Å². The van der Waals surface area contributed by atoms with E-state index in [1.807, 2.05) is 25.1 Å². The largest absolute Gasteiger partial charge is 0.490 e. The van der Waals surface area contributed by atoms with Gasteiger partial charge >= 0.3 is 0 Å². The summed E-state index contributed by atoms with van der Waals surface area (Å²) in [5.74, 6) is 0.892. The zero-order valence-electron chi connectivity index (χ0n) is 10.7. The van der Waals surface area contributed by atoms with Crippen molar-refractivity contribution in [3.63, 3.8) is 0 Å². The molecule has 2 rings (SSSR count). The molecule has 1 fully saturated rings. The van der Waals surface area contributed by atoms with Crippen LogP contribution in [0.1, 0.15) is 32.3 Å². The lowest BCUT2D eigenvalue weighted by molar-refractivity contribution is -0.0560. The highest BCUT2D eigenvalue weighted by Crippen LogP contribution is 2.44. The van der Waals surface area contributed by atoms with Crippen LogP contribution in [-0.2, 0) is 0 Å². The van der Waals surface area contributed by atoms with Crippen molar-refractivity contribution in [2.45, 2.75) is 45.8 Å². The Bertz CT molecular complexity index is 421. The number of benzene rings is 1. The van der Waals surface area contributed by atoms with Crippen LogP contribution in [0.15, 0.2) is 18.2 Å². The fraction of sp³-hybridized carbons (Fsp3) is 0.571. The molecule has 1 aliphatic rings. The van der Waals surface area contributed by atoms with Gasteiger partial charge in [-0.3, -0.25) is 0 Å². The number of ether oxygens (including phenoxy) is 1. The zero-order valence-corrected chi connectivity index (χ0v) is 11.4. The molecule has 1 aromatic rings. The molecule has 3 atom stereocenters. The quantitative estimate of drug-likeness (QED) is 0.894. The molecule has 0 heterocycles. The van der Waals surface area contributed by atoms with Gasteiger partial charge in [0.25, 0.3) is 0 Å². The Morgan fingerprint density at radius 3 is 2.76 bits per heavy atom. The summed E-state index contributed by atoms with van der Waals surface area (Å²) < 4.78 is 6.02. The third kappa shape index (κ3) is 2.16. The van der Waals surface area contributed by atoms with E-state index < -0.39 is 0 Å². The molecule has 1 aromatic carbocycles. The van der Waals surface area contributed by atoms with Gasteiger partial charge < -0.3 is 10.5 Å². The molecule has 0 spiro atoms. The molecule has 3 unspecified atom stereocenters.